The normalized spacial score (nSPS) is 9.64. The molecule has 3 N–H and O–H groups in total. The van der Waals surface area contributed by atoms with E-state index in [1.54, 1.807) is 12.1 Å². The van der Waals surface area contributed by atoms with E-state index in [1.807, 2.05) is 39.0 Å². The van der Waals surface area contributed by atoms with Crippen LogP contribution in [0.5, 0.6) is 0 Å². The lowest BCUT2D eigenvalue weighted by atomic mass is 10.2. The molecular formula is C16H28O6. The summed E-state index contributed by atoms with van der Waals surface area (Å²) in [6.07, 6.45) is -0.157. The van der Waals surface area contributed by atoms with Crippen LogP contribution in [0.1, 0.15) is 31.1 Å². The van der Waals surface area contributed by atoms with Gasteiger partial charge in [-0.05, 0) is 20.8 Å². The number of aldehydes is 1. The summed E-state index contributed by atoms with van der Waals surface area (Å²) in [5.74, 6) is 0. The van der Waals surface area contributed by atoms with Gasteiger partial charge >= 0.3 is 0 Å². The monoisotopic (exact) mass is 316 g/mol. The minimum atomic E-state index is -0.954. The van der Waals surface area contributed by atoms with Gasteiger partial charge in [0, 0.05) is 18.8 Å². The van der Waals surface area contributed by atoms with Gasteiger partial charge in [0.1, 0.15) is 12.4 Å². The Kier molecular flexibility index (Phi) is 18.5. The SMILES string of the molecule is CCOC(C)OCC.O=Cc1ccccc1.OCC(O)CO. The number of hydrogen-bond acceptors (Lipinski definition) is 6. The van der Waals surface area contributed by atoms with Gasteiger partial charge in [0.05, 0.1) is 13.2 Å². The van der Waals surface area contributed by atoms with Crippen molar-refractivity contribution in [2.24, 2.45) is 0 Å². The van der Waals surface area contributed by atoms with Crippen molar-refractivity contribution in [3.8, 4) is 0 Å². The zero-order chi connectivity index (χ0) is 17.2. The molecule has 0 saturated carbocycles. The first-order valence-electron chi connectivity index (χ1n) is 7.18. The van der Waals surface area contributed by atoms with E-state index >= 15 is 0 Å². The van der Waals surface area contributed by atoms with E-state index in [0.717, 1.165) is 25.1 Å². The first kappa shape index (κ1) is 23.0. The number of aliphatic hydroxyl groups excluding tert-OH is 3. The molecule has 0 fully saturated rings. The fourth-order valence-electron chi connectivity index (χ4n) is 1.11. The minimum Gasteiger partial charge on any atom is -0.394 e. The Balaban J connectivity index is 0. The molecule has 0 aliphatic carbocycles. The van der Waals surface area contributed by atoms with Gasteiger partial charge in [0.25, 0.3) is 0 Å². The van der Waals surface area contributed by atoms with Gasteiger partial charge in [-0.1, -0.05) is 30.3 Å². The molecule has 0 heterocycles. The third-order valence-corrected chi connectivity index (χ3v) is 2.16. The predicted molar refractivity (Wildman–Crippen MR) is 84.7 cm³/mol. The van der Waals surface area contributed by atoms with Crippen molar-refractivity contribution in [1.29, 1.82) is 0 Å². The molecule has 0 aromatic heterocycles. The van der Waals surface area contributed by atoms with Gasteiger partial charge in [0.2, 0.25) is 0 Å². The molecule has 0 radical (unpaired) electrons. The van der Waals surface area contributed by atoms with Crippen molar-refractivity contribution in [2.75, 3.05) is 26.4 Å². The molecule has 0 amide bonds. The number of rotatable bonds is 7. The maximum Gasteiger partial charge on any atom is 0.154 e. The van der Waals surface area contributed by atoms with Crippen LogP contribution in [0.25, 0.3) is 0 Å². The highest BCUT2D eigenvalue weighted by Gasteiger charge is 1.95. The van der Waals surface area contributed by atoms with E-state index in [-0.39, 0.29) is 19.5 Å². The van der Waals surface area contributed by atoms with Crippen molar-refractivity contribution < 1.29 is 29.6 Å². The molecule has 22 heavy (non-hydrogen) atoms. The third-order valence-electron chi connectivity index (χ3n) is 2.16. The van der Waals surface area contributed by atoms with Crippen LogP contribution in [0, 0.1) is 0 Å². The van der Waals surface area contributed by atoms with Gasteiger partial charge in [0.15, 0.2) is 6.29 Å². The second kappa shape index (κ2) is 17.7. The quantitative estimate of drug-likeness (QED) is 0.517. The molecule has 0 unspecified atom stereocenters. The van der Waals surface area contributed by atoms with E-state index < -0.39 is 6.10 Å². The Morgan fingerprint density at radius 2 is 1.50 bits per heavy atom. The van der Waals surface area contributed by atoms with Crippen LogP contribution < -0.4 is 0 Å². The second-order valence-corrected chi connectivity index (χ2v) is 4.03. The summed E-state index contributed by atoms with van der Waals surface area (Å²) in [6.45, 7) is 6.52. The fraction of sp³-hybridized carbons (Fsp3) is 0.562. The van der Waals surface area contributed by atoms with Gasteiger partial charge in [-0.25, -0.2) is 0 Å². The summed E-state index contributed by atoms with van der Waals surface area (Å²) in [7, 11) is 0. The average molecular weight is 316 g/mol. The molecule has 0 spiro atoms. The Morgan fingerprint density at radius 3 is 1.73 bits per heavy atom. The summed E-state index contributed by atoms with van der Waals surface area (Å²) < 4.78 is 10.1. The Bertz CT molecular complexity index is 321. The lowest BCUT2D eigenvalue weighted by Crippen LogP contribution is -2.15. The number of carbonyl (C=O) groups excluding carboxylic acids is 1. The van der Waals surface area contributed by atoms with Crippen LogP contribution in [0.4, 0.5) is 0 Å². The smallest absolute Gasteiger partial charge is 0.154 e. The predicted octanol–water partition coefficient (Wildman–Crippen LogP) is 1.24. The molecule has 0 bridgehead atoms. The highest BCUT2D eigenvalue weighted by molar-refractivity contribution is 5.74. The van der Waals surface area contributed by atoms with Crippen LogP contribution in [-0.2, 0) is 9.47 Å². The minimum absolute atomic E-state index is 0.0370. The Hall–Kier alpha value is -1.31. The summed E-state index contributed by atoms with van der Waals surface area (Å²) in [4.78, 5) is 10.0. The maximum absolute atomic E-state index is 10.0. The summed E-state index contributed by atoms with van der Waals surface area (Å²) in [6, 6.07) is 9.10. The van der Waals surface area contributed by atoms with Crippen LogP contribution in [0.15, 0.2) is 30.3 Å². The molecule has 128 valence electrons. The van der Waals surface area contributed by atoms with E-state index in [1.165, 1.54) is 0 Å². The zero-order valence-corrected chi connectivity index (χ0v) is 13.5. The molecule has 0 aliphatic heterocycles. The molecular weight excluding hydrogens is 288 g/mol. The van der Waals surface area contributed by atoms with E-state index in [0.29, 0.717) is 0 Å². The van der Waals surface area contributed by atoms with E-state index in [2.05, 4.69) is 0 Å². The Labute approximate surface area is 132 Å². The van der Waals surface area contributed by atoms with Crippen LogP contribution in [0.3, 0.4) is 0 Å². The van der Waals surface area contributed by atoms with Crippen LogP contribution in [-0.4, -0.2) is 60.4 Å². The van der Waals surface area contributed by atoms with Gasteiger partial charge in [-0.15, -0.1) is 0 Å². The van der Waals surface area contributed by atoms with Crippen molar-refractivity contribution in [3.63, 3.8) is 0 Å². The maximum atomic E-state index is 10.0. The average Bonchev–Trinajstić information content (AvgIpc) is 2.56. The molecule has 6 heteroatoms. The number of carbonyl (C=O) groups is 1. The van der Waals surface area contributed by atoms with Crippen molar-refractivity contribution in [3.05, 3.63) is 35.9 Å². The van der Waals surface area contributed by atoms with Crippen molar-refractivity contribution in [2.45, 2.75) is 33.2 Å². The summed E-state index contributed by atoms with van der Waals surface area (Å²) >= 11 is 0. The molecule has 1 aromatic rings. The number of aliphatic hydroxyl groups is 3. The molecule has 0 saturated heterocycles. The number of ether oxygens (including phenoxy) is 2. The topological polar surface area (TPSA) is 96.2 Å². The van der Waals surface area contributed by atoms with Crippen molar-refractivity contribution in [1.82, 2.24) is 0 Å². The Morgan fingerprint density at radius 1 is 1.05 bits per heavy atom. The largest absolute Gasteiger partial charge is 0.394 e. The first-order valence-corrected chi connectivity index (χ1v) is 7.18. The lowest BCUT2D eigenvalue weighted by molar-refractivity contribution is -0.123. The molecule has 1 rings (SSSR count). The van der Waals surface area contributed by atoms with Crippen LogP contribution >= 0.6 is 0 Å². The van der Waals surface area contributed by atoms with Gasteiger partial charge in [-0.2, -0.15) is 0 Å². The third kappa shape index (κ3) is 16.7. The van der Waals surface area contributed by atoms with Crippen LogP contribution in [0.2, 0.25) is 0 Å². The molecule has 0 aliphatic rings. The van der Waals surface area contributed by atoms with Gasteiger partial charge in [-0.3, -0.25) is 4.79 Å². The fourth-order valence-corrected chi connectivity index (χ4v) is 1.11. The molecule has 0 atom stereocenters. The van der Waals surface area contributed by atoms with E-state index in [4.69, 9.17) is 24.8 Å². The number of hydrogen-bond donors (Lipinski definition) is 3. The van der Waals surface area contributed by atoms with Gasteiger partial charge < -0.3 is 24.8 Å². The molecule has 6 nitrogen and oxygen atoms in total. The van der Waals surface area contributed by atoms with Crippen molar-refractivity contribution >= 4 is 6.29 Å². The first-order chi connectivity index (χ1) is 10.5. The molecule has 1 aromatic carbocycles. The summed E-state index contributed by atoms with van der Waals surface area (Å²) in [5, 5.41) is 24.0. The highest BCUT2D eigenvalue weighted by Crippen LogP contribution is 1.91. The zero-order valence-electron chi connectivity index (χ0n) is 13.5. The second-order valence-electron chi connectivity index (χ2n) is 4.03. The highest BCUT2D eigenvalue weighted by atomic mass is 16.7. The number of benzene rings is 1. The lowest BCUT2D eigenvalue weighted by Gasteiger charge is -2.09. The summed E-state index contributed by atoms with van der Waals surface area (Å²) in [5.41, 5.74) is 0.729. The standard InChI is InChI=1S/C7H6O.C6H14O2.C3H8O3/c8-6-7-4-2-1-3-5-7;1-4-7-6(3)8-5-2;4-1-3(6)2-5/h1-6H;6H,4-5H2,1-3H3;3-6H,1-2H2. The van der Waals surface area contributed by atoms with E-state index in [9.17, 15) is 4.79 Å².